The van der Waals surface area contributed by atoms with Crippen LogP contribution in [-0.4, -0.2) is 39.3 Å². The van der Waals surface area contributed by atoms with Gasteiger partial charge in [0.15, 0.2) is 0 Å². The minimum atomic E-state index is -0.522. The van der Waals surface area contributed by atoms with Crippen LogP contribution < -0.4 is 15.0 Å². The molecule has 6 nitrogen and oxygen atoms in total. The number of halogens is 2. The zero-order valence-electron chi connectivity index (χ0n) is 15.7. The molecule has 0 aromatic heterocycles. The van der Waals surface area contributed by atoms with Crippen LogP contribution >= 0.6 is 27.5 Å². The summed E-state index contributed by atoms with van der Waals surface area (Å²) < 4.78 is 11.5. The van der Waals surface area contributed by atoms with Crippen LogP contribution in [0.1, 0.15) is 5.56 Å². The highest BCUT2D eigenvalue weighted by Crippen LogP contribution is 2.31. The van der Waals surface area contributed by atoms with Crippen LogP contribution in [0, 0.1) is 11.3 Å². The van der Waals surface area contributed by atoms with Crippen molar-refractivity contribution in [3.63, 3.8) is 0 Å². The first-order chi connectivity index (χ1) is 14.0. The van der Waals surface area contributed by atoms with E-state index in [4.69, 9.17) is 21.1 Å². The van der Waals surface area contributed by atoms with Gasteiger partial charge in [0.25, 0.3) is 5.91 Å². The topological polar surface area (TPSA) is 74.6 Å². The van der Waals surface area contributed by atoms with Gasteiger partial charge in [-0.15, -0.1) is 0 Å². The second kappa shape index (κ2) is 9.79. The molecule has 0 spiro atoms. The summed E-state index contributed by atoms with van der Waals surface area (Å²) in [6, 6.07) is 12.6. The highest BCUT2D eigenvalue weighted by atomic mass is 79.9. The van der Waals surface area contributed by atoms with Crippen LogP contribution in [0.15, 0.2) is 46.4 Å². The van der Waals surface area contributed by atoms with E-state index < -0.39 is 5.91 Å². The molecule has 8 heteroatoms. The Morgan fingerprint density at radius 1 is 1.31 bits per heavy atom. The molecule has 1 aliphatic rings. The molecule has 0 atom stereocenters. The first-order valence-corrected chi connectivity index (χ1v) is 10.1. The predicted molar refractivity (Wildman–Crippen MR) is 117 cm³/mol. The van der Waals surface area contributed by atoms with Crippen molar-refractivity contribution in [3.8, 4) is 11.8 Å². The molecule has 1 N–H and O–H groups in total. The summed E-state index contributed by atoms with van der Waals surface area (Å²) in [4.78, 5) is 15.0. The maximum Gasteiger partial charge on any atom is 0.266 e. The number of methoxy groups -OCH3 is 1. The zero-order valence-corrected chi connectivity index (χ0v) is 18.1. The Morgan fingerprint density at radius 2 is 2.07 bits per heavy atom. The molecule has 2 aromatic rings. The molecule has 29 heavy (non-hydrogen) atoms. The number of carbonyl (C=O) groups is 1. The molecule has 1 aliphatic heterocycles. The molecule has 1 heterocycles. The number of anilines is 2. The smallest absolute Gasteiger partial charge is 0.266 e. The number of ether oxygens (including phenoxy) is 2. The lowest BCUT2D eigenvalue weighted by Crippen LogP contribution is -2.36. The number of hydrogen-bond donors (Lipinski definition) is 1. The maximum absolute atomic E-state index is 12.8. The second-order valence-electron chi connectivity index (χ2n) is 6.27. The van der Waals surface area contributed by atoms with Crippen LogP contribution in [-0.2, 0) is 9.53 Å². The summed E-state index contributed by atoms with van der Waals surface area (Å²) >= 11 is 9.53. The highest BCUT2D eigenvalue weighted by molar-refractivity contribution is 9.10. The summed E-state index contributed by atoms with van der Waals surface area (Å²) in [7, 11) is 1.53. The Balaban J connectivity index is 1.90. The Kier molecular flexibility index (Phi) is 7.15. The molecule has 1 amide bonds. The van der Waals surface area contributed by atoms with Crippen molar-refractivity contribution in [2.45, 2.75) is 0 Å². The van der Waals surface area contributed by atoms with Crippen LogP contribution in [0.3, 0.4) is 0 Å². The Hall–Kier alpha value is -2.53. The molecule has 2 aromatic carbocycles. The molecule has 1 saturated heterocycles. The molecule has 0 aliphatic carbocycles. The van der Waals surface area contributed by atoms with Crippen molar-refractivity contribution in [1.29, 1.82) is 5.26 Å². The Morgan fingerprint density at radius 3 is 2.76 bits per heavy atom. The van der Waals surface area contributed by atoms with E-state index in [1.807, 2.05) is 18.2 Å². The van der Waals surface area contributed by atoms with E-state index in [9.17, 15) is 10.1 Å². The van der Waals surface area contributed by atoms with Crippen molar-refractivity contribution >= 4 is 50.9 Å². The van der Waals surface area contributed by atoms with Crippen LogP contribution in [0.25, 0.3) is 6.08 Å². The van der Waals surface area contributed by atoms with E-state index in [2.05, 4.69) is 26.1 Å². The minimum Gasteiger partial charge on any atom is -0.496 e. The van der Waals surface area contributed by atoms with Gasteiger partial charge in [0.2, 0.25) is 0 Å². The van der Waals surface area contributed by atoms with E-state index in [0.717, 1.165) is 10.2 Å². The van der Waals surface area contributed by atoms with E-state index in [1.54, 1.807) is 24.3 Å². The summed E-state index contributed by atoms with van der Waals surface area (Å²) in [5.74, 6) is 0.0387. The number of benzene rings is 2. The minimum absolute atomic E-state index is 0.0469. The molecule has 0 unspecified atom stereocenters. The predicted octanol–water partition coefficient (Wildman–Crippen LogP) is 4.49. The van der Waals surface area contributed by atoms with Gasteiger partial charge in [0, 0.05) is 28.1 Å². The second-order valence-corrected chi connectivity index (χ2v) is 7.62. The van der Waals surface area contributed by atoms with Crippen molar-refractivity contribution in [2.24, 2.45) is 0 Å². The largest absolute Gasteiger partial charge is 0.496 e. The zero-order chi connectivity index (χ0) is 20.8. The van der Waals surface area contributed by atoms with Crippen LogP contribution in [0.4, 0.5) is 11.4 Å². The summed E-state index contributed by atoms with van der Waals surface area (Å²) in [6.07, 6.45) is 1.50. The first kappa shape index (κ1) is 21.2. The van der Waals surface area contributed by atoms with Gasteiger partial charge in [-0.25, -0.2) is 0 Å². The molecular weight excluding hydrogens is 458 g/mol. The number of nitrogens with one attached hydrogen (secondary N) is 1. The van der Waals surface area contributed by atoms with Crippen molar-refractivity contribution in [1.82, 2.24) is 0 Å². The third-order valence-electron chi connectivity index (χ3n) is 4.42. The van der Waals surface area contributed by atoms with E-state index in [1.165, 1.54) is 13.2 Å². The highest BCUT2D eigenvalue weighted by Gasteiger charge is 2.18. The fourth-order valence-electron chi connectivity index (χ4n) is 3.00. The third-order valence-corrected chi connectivity index (χ3v) is 5.14. The van der Waals surface area contributed by atoms with Gasteiger partial charge in [0.05, 0.1) is 31.7 Å². The molecule has 0 bridgehead atoms. The number of amides is 1. The van der Waals surface area contributed by atoms with Gasteiger partial charge >= 0.3 is 0 Å². The fourth-order valence-corrected chi connectivity index (χ4v) is 3.55. The normalized spacial score (nSPS) is 14.3. The lowest BCUT2D eigenvalue weighted by Gasteiger charge is -2.30. The molecule has 0 radical (unpaired) electrons. The maximum atomic E-state index is 12.8. The number of carbonyl (C=O) groups excluding carboxylic acids is 1. The van der Waals surface area contributed by atoms with Crippen LogP contribution in [0.5, 0.6) is 5.75 Å². The quantitative estimate of drug-likeness (QED) is 0.508. The van der Waals surface area contributed by atoms with Crippen LogP contribution in [0.2, 0.25) is 5.02 Å². The Bertz CT molecular complexity index is 982. The number of morpholine rings is 1. The third kappa shape index (κ3) is 5.30. The molecule has 1 fully saturated rings. The molecule has 0 saturated carbocycles. The van der Waals surface area contributed by atoms with E-state index in [-0.39, 0.29) is 5.57 Å². The van der Waals surface area contributed by atoms with Crippen molar-refractivity contribution in [3.05, 3.63) is 57.0 Å². The van der Waals surface area contributed by atoms with Gasteiger partial charge in [0.1, 0.15) is 17.4 Å². The number of hydrogen-bond acceptors (Lipinski definition) is 5. The molecular formula is C21H19BrClN3O3. The number of rotatable bonds is 5. The number of nitriles is 1. The average Bonchev–Trinajstić information content (AvgIpc) is 2.72. The fraction of sp³-hybridized carbons (Fsp3) is 0.238. The Labute approximate surface area is 182 Å². The first-order valence-electron chi connectivity index (χ1n) is 8.90. The van der Waals surface area contributed by atoms with Gasteiger partial charge in [-0.05, 0) is 42.5 Å². The number of nitrogens with zero attached hydrogens (tertiary/aromatic N) is 2. The SMILES string of the molecule is COc1ccc(Br)cc1/C=C(\C#N)C(=O)Nc1cc(Cl)ccc1N1CCOCC1. The van der Waals surface area contributed by atoms with Crippen molar-refractivity contribution in [2.75, 3.05) is 43.6 Å². The van der Waals surface area contributed by atoms with Gasteiger partial charge in [-0.2, -0.15) is 5.26 Å². The summed E-state index contributed by atoms with van der Waals surface area (Å²) in [6.45, 7) is 2.64. The van der Waals surface area contributed by atoms with Gasteiger partial charge in [-0.1, -0.05) is 27.5 Å². The lowest BCUT2D eigenvalue weighted by atomic mass is 10.1. The van der Waals surface area contributed by atoms with E-state index in [0.29, 0.717) is 48.3 Å². The summed E-state index contributed by atoms with van der Waals surface area (Å²) in [5, 5.41) is 12.9. The van der Waals surface area contributed by atoms with Gasteiger partial charge < -0.3 is 19.7 Å². The van der Waals surface area contributed by atoms with E-state index >= 15 is 0 Å². The average molecular weight is 477 g/mol. The van der Waals surface area contributed by atoms with Gasteiger partial charge in [-0.3, -0.25) is 4.79 Å². The lowest BCUT2D eigenvalue weighted by molar-refractivity contribution is -0.112. The standard InChI is InChI=1S/C21H19BrClN3O3/c1-28-20-5-2-16(22)11-14(20)10-15(13-24)21(27)25-18-12-17(23)3-4-19(18)26-6-8-29-9-7-26/h2-5,10-12H,6-9H2,1H3,(H,25,27)/b15-10+. The summed E-state index contributed by atoms with van der Waals surface area (Å²) in [5.41, 5.74) is 1.96. The monoisotopic (exact) mass is 475 g/mol. The van der Waals surface area contributed by atoms with Crippen molar-refractivity contribution < 1.29 is 14.3 Å². The molecule has 3 rings (SSSR count). The molecule has 150 valence electrons.